The number of rotatable bonds is 4. The van der Waals surface area contributed by atoms with Crippen molar-refractivity contribution in [1.29, 1.82) is 0 Å². The van der Waals surface area contributed by atoms with Gasteiger partial charge in [-0.2, -0.15) is 0 Å². The zero-order chi connectivity index (χ0) is 20.4. The Balaban J connectivity index is 1.29. The van der Waals surface area contributed by atoms with Crippen LogP contribution in [0.3, 0.4) is 0 Å². The molecule has 2 fully saturated rings. The molecular formula is C21H24N4O4. The van der Waals surface area contributed by atoms with Crippen molar-refractivity contribution in [2.75, 3.05) is 50.7 Å². The van der Waals surface area contributed by atoms with Crippen molar-refractivity contribution in [2.45, 2.75) is 6.92 Å². The normalized spacial score (nSPS) is 17.2. The third-order valence-electron chi connectivity index (χ3n) is 5.42. The van der Waals surface area contributed by atoms with Gasteiger partial charge in [0.1, 0.15) is 6.54 Å². The molecule has 1 aromatic carbocycles. The number of amides is 4. The van der Waals surface area contributed by atoms with Crippen LogP contribution >= 0.6 is 0 Å². The molecule has 8 nitrogen and oxygen atoms in total. The minimum Gasteiger partial charge on any atom is -0.459 e. The van der Waals surface area contributed by atoms with Crippen LogP contribution in [0.25, 0.3) is 0 Å². The molecule has 0 unspecified atom stereocenters. The van der Waals surface area contributed by atoms with Crippen molar-refractivity contribution in [1.82, 2.24) is 14.7 Å². The molecule has 29 heavy (non-hydrogen) atoms. The lowest BCUT2D eigenvalue weighted by Gasteiger charge is -2.35. The van der Waals surface area contributed by atoms with Gasteiger partial charge in [-0.3, -0.25) is 14.5 Å². The number of aryl methyl sites for hydroxylation is 1. The van der Waals surface area contributed by atoms with Crippen LogP contribution in [0, 0.1) is 6.92 Å². The molecule has 4 amide bonds. The van der Waals surface area contributed by atoms with Crippen LogP contribution in [0.15, 0.2) is 47.1 Å². The monoisotopic (exact) mass is 396 g/mol. The fraction of sp³-hybridized carbons (Fsp3) is 0.381. The van der Waals surface area contributed by atoms with Crippen molar-refractivity contribution in [3.8, 4) is 0 Å². The first-order valence-electron chi connectivity index (χ1n) is 9.76. The highest BCUT2D eigenvalue weighted by atomic mass is 16.3. The molecule has 0 spiro atoms. The number of hydrogen-bond acceptors (Lipinski definition) is 4. The van der Waals surface area contributed by atoms with Crippen LogP contribution < -0.4 is 4.90 Å². The number of carbonyl (C=O) groups excluding carboxylic acids is 3. The molecule has 8 heteroatoms. The summed E-state index contributed by atoms with van der Waals surface area (Å²) in [5.41, 5.74) is 1.98. The van der Waals surface area contributed by atoms with E-state index in [-0.39, 0.29) is 24.4 Å². The molecule has 0 N–H and O–H groups in total. The summed E-state index contributed by atoms with van der Waals surface area (Å²) in [6.07, 6.45) is 1.47. The van der Waals surface area contributed by atoms with Crippen LogP contribution in [0.4, 0.5) is 10.5 Å². The summed E-state index contributed by atoms with van der Waals surface area (Å²) in [4.78, 5) is 44.4. The van der Waals surface area contributed by atoms with Gasteiger partial charge in [-0.1, -0.05) is 17.7 Å². The fourth-order valence-electron chi connectivity index (χ4n) is 3.67. The second-order valence-electron chi connectivity index (χ2n) is 7.34. The van der Waals surface area contributed by atoms with Crippen molar-refractivity contribution in [2.24, 2.45) is 0 Å². The first-order chi connectivity index (χ1) is 14.0. The molecule has 2 aliphatic heterocycles. The number of urea groups is 1. The number of piperazine rings is 1. The van der Waals surface area contributed by atoms with Gasteiger partial charge in [0.25, 0.3) is 5.91 Å². The first kappa shape index (κ1) is 19.0. The van der Waals surface area contributed by atoms with Crippen LogP contribution in [0.1, 0.15) is 16.1 Å². The van der Waals surface area contributed by atoms with Gasteiger partial charge in [0.05, 0.1) is 6.26 Å². The highest BCUT2D eigenvalue weighted by molar-refractivity contribution is 5.96. The number of nitrogens with zero attached hydrogens (tertiary/aromatic N) is 4. The largest absolute Gasteiger partial charge is 0.459 e. The van der Waals surface area contributed by atoms with Gasteiger partial charge in [0.15, 0.2) is 5.76 Å². The Morgan fingerprint density at radius 2 is 1.62 bits per heavy atom. The lowest BCUT2D eigenvalue weighted by Crippen LogP contribution is -2.52. The minimum absolute atomic E-state index is 0.0628. The van der Waals surface area contributed by atoms with Crippen molar-refractivity contribution in [3.63, 3.8) is 0 Å². The van der Waals surface area contributed by atoms with E-state index in [1.54, 1.807) is 31.7 Å². The molecule has 2 aliphatic rings. The zero-order valence-corrected chi connectivity index (χ0v) is 16.4. The Bertz CT molecular complexity index is 886. The molecule has 4 rings (SSSR count). The molecule has 2 aromatic rings. The molecule has 2 saturated heterocycles. The van der Waals surface area contributed by atoms with E-state index in [0.717, 1.165) is 11.3 Å². The molecule has 0 bridgehead atoms. The van der Waals surface area contributed by atoms with Gasteiger partial charge in [0, 0.05) is 45.0 Å². The van der Waals surface area contributed by atoms with E-state index in [4.69, 9.17) is 4.42 Å². The summed E-state index contributed by atoms with van der Waals surface area (Å²) in [5.74, 6) is 0.0587. The number of anilines is 1. The Morgan fingerprint density at radius 1 is 0.931 bits per heavy atom. The van der Waals surface area contributed by atoms with Gasteiger partial charge in [-0.05, 0) is 31.2 Å². The molecule has 0 radical (unpaired) electrons. The quantitative estimate of drug-likeness (QED) is 0.790. The smallest absolute Gasteiger partial charge is 0.325 e. The highest BCUT2D eigenvalue weighted by Crippen LogP contribution is 2.21. The van der Waals surface area contributed by atoms with E-state index < -0.39 is 0 Å². The summed E-state index contributed by atoms with van der Waals surface area (Å²) < 4.78 is 5.16. The average Bonchev–Trinajstić information content (AvgIpc) is 3.39. The second kappa shape index (κ2) is 7.98. The maximum atomic E-state index is 12.7. The van der Waals surface area contributed by atoms with E-state index in [2.05, 4.69) is 0 Å². The summed E-state index contributed by atoms with van der Waals surface area (Å²) in [6, 6.07) is 11.0. The molecule has 1 aromatic heterocycles. The van der Waals surface area contributed by atoms with Crippen LogP contribution in [-0.2, 0) is 4.79 Å². The maximum absolute atomic E-state index is 12.7. The minimum atomic E-state index is -0.162. The molecule has 0 aliphatic carbocycles. The fourth-order valence-corrected chi connectivity index (χ4v) is 3.67. The Labute approximate surface area is 169 Å². The van der Waals surface area contributed by atoms with E-state index >= 15 is 0 Å². The lowest BCUT2D eigenvalue weighted by atomic mass is 10.2. The van der Waals surface area contributed by atoms with Gasteiger partial charge < -0.3 is 19.1 Å². The van der Waals surface area contributed by atoms with Gasteiger partial charge in [-0.25, -0.2) is 4.79 Å². The van der Waals surface area contributed by atoms with Crippen LogP contribution in [-0.4, -0.2) is 78.4 Å². The number of furan rings is 1. The number of hydrogen-bond donors (Lipinski definition) is 0. The summed E-state index contributed by atoms with van der Waals surface area (Å²) >= 11 is 0. The highest BCUT2D eigenvalue weighted by Gasteiger charge is 2.33. The second-order valence-corrected chi connectivity index (χ2v) is 7.34. The Kier molecular flexibility index (Phi) is 5.24. The summed E-state index contributed by atoms with van der Waals surface area (Å²) in [7, 11) is 0. The Morgan fingerprint density at radius 3 is 2.28 bits per heavy atom. The third-order valence-corrected chi connectivity index (χ3v) is 5.42. The number of benzene rings is 1. The van der Waals surface area contributed by atoms with Gasteiger partial charge in [-0.15, -0.1) is 0 Å². The maximum Gasteiger partial charge on any atom is 0.325 e. The SMILES string of the molecule is Cc1ccc(N2CCN(CC(=O)N3CCN(C(=O)c4ccco4)CC3)C2=O)cc1. The Hall–Kier alpha value is -3.29. The van der Waals surface area contributed by atoms with E-state index in [1.165, 1.54) is 6.26 Å². The lowest BCUT2D eigenvalue weighted by molar-refractivity contribution is -0.133. The predicted molar refractivity (Wildman–Crippen MR) is 107 cm³/mol. The predicted octanol–water partition coefficient (Wildman–Crippen LogP) is 1.81. The van der Waals surface area contributed by atoms with E-state index in [9.17, 15) is 14.4 Å². The molecular weight excluding hydrogens is 372 g/mol. The van der Waals surface area contributed by atoms with Crippen LogP contribution in [0.5, 0.6) is 0 Å². The average molecular weight is 396 g/mol. The molecule has 0 atom stereocenters. The first-order valence-corrected chi connectivity index (χ1v) is 9.76. The zero-order valence-electron chi connectivity index (χ0n) is 16.4. The van der Waals surface area contributed by atoms with Crippen molar-refractivity contribution < 1.29 is 18.8 Å². The van der Waals surface area contributed by atoms with E-state index in [1.807, 2.05) is 31.2 Å². The van der Waals surface area contributed by atoms with E-state index in [0.29, 0.717) is 45.0 Å². The standard InChI is InChI=1S/C21H24N4O4/c1-16-4-6-17(7-5-16)25-13-12-24(21(25)28)15-19(26)22-8-10-23(11-9-22)20(27)18-3-2-14-29-18/h2-7,14H,8-13,15H2,1H3. The summed E-state index contributed by atoms with van der Waals surface area (Å²) in [5, 5.41) is 0. The molecule has 152 valence electrons. The summed E-state index contributed by atoms with van der Waals surface area (Å²) in [6.45, 7) is 4.97. The topological polar surface area (TPSA) is 77.3 Å². The van der Waals surface area contributed by atoms with Crippen molar-refractivity contribution in [3.05, 3.63) is 54.0 Å². The molecule has 3 heterocycles. The van der Waals surface area contributed by atoms with Gasteiger partial charge in [0.2, 0.25) is 5.91 Å². The van der Waals surface area contributed by atoms with Gasteiger partial charge >= 0.3 is 6.03 Å². The number of carbonyl (C=O) groups is 3. The molecule has 0 saturated carbocycles. The van der Waals surface area contributed by atoms with Crippen LogP contribution in [0.2, 0.25) is 0 Å². The van der Waals surface area contributed by atoms with Crippen molar-refractivity contribution >= 4 is 23.5 Å². The third kappa shape index (κ3) is 3.96.